The highest BCUT2D eigenvalue weighted by Gasteiger charge is 2.45. The van der Waals surface area contributed by atoms with Crippen LogP contribution in [-0.4, -0.2) is 12.6 Å². The zero-order valence-electron chi connectivity index (χ0n) is 10.9. The molecule has 0 atom stereocenters. The molecule has 2 nitrogen and oxygen atoms in total. The molecular formula is C13H12F6O2. The molecule has 0 spiro atoms. The van der Waals surface area contributed by atoms with Gasteiger partial charge >= 0.3 is 18.3 Å². The van der Waals surface area contributed by atoms with Crippen LogP contribution >= 0.6 is 0 Å². The standard InChI is InChI=1S/C13H12F6O2/c1-2-3-7-21-11(20)8-5-4-6-9(12(14,15)16)10(8)13(17,18)19/h4-6H,2-3,7H2,1H3. The Hall–Kier alpha value is -1.73. The molecule has 0 fully saturated rings. The molecule has 1 aromatic rings. The van der Waals surface area contributed by atoms with Gasteiger partial charge in [-0.1, -0.05) is 19.4 Å². The molecule has 0 saturated heterocycles. The second kappa shape index (κ2) is 6.36. The van der Waals surface area contributed by atoms with Crippen molar-refractivity contribution >= 4 is 5.97 Å². The van der Waals surface area contributed by atoms with Crippen LogP contribution in [0.3, 0.4) is 0 Å². The van der Waals surface area contributed by atoms with Gasteiger partial charge in [0.25, 0.3) is 0 Å². The summed E-state index contributed by atoms with van der Waals surface area (Å²) in [6.45, 7) is 1.61. The fourth-order valence-corrected chi connectivity index (χ4v) is 1.65. The summed E-state index contributed by atoms with van der Waals surface area (Å²) in [5.41, 5.74) is -5.05. The zero-order chi connectivity index (χ0) is 16.3. The second-order valence-electron chi connectivity index (χ2n) is 4.21. The van der Waals surface area contributed by atoms with Crippen molar-refractivity contribution < 1.29 is 35.9 Å². The maximum absolute atomic E-state index is 12.9. The summed E-state index contributed by atoms with van der Waals surface area (Å²) in [7, 11) is 0. The molecule has 0 aliphatic carbocycles. The fourth-order valence-electron chi connectivity index (χ4n) is 1.65. The van der Waals surface area contributed by atoms with Crippen LogP contribution < -0.4 is 0 Å². The van der Waals surface area contributed by atoms with E-state index in [0.717, 1.165) is 6.07 Å². The van der Waals surface area contributed by atoms with E-state index in [2.05, 4.69) is 4.74 Å². The van der Waals surface area contributed by atoms with Crippen molar-refractivity contribution in [2.24, 2.45) is 0 Å². The van der Waals surface area contributed by atoms with Crippen LogP contribution in [0.4, 0.5) is 26.3 Å². The van der Waals surface area contributed by atoms with E-state index in [4.69, 9.17) is 0 Å². The number of esters is 1. The smallest absolute Gasteiger partial charge is 0.417 e. The summed E-state index contributed by atoms with van der Waals surface area (Å²) in [6.07, 6.45) is -9.50. The lowest BCUT2D eigenvalue weighted by atomic mass is 10.00. The van der Waals surface area contributed by atoms with Crippen molar-refractivity contribution in [1.29, 1.82) is 0 Å². The number of alkyl halides is 6. The first-order valence-corrected chi connectivity index (χ1v) is 6.03. The van der Waals surface area contributed by atoms with Crippen molar-refractivity contribution in [2.75, 3.05) is 6.61 Å². The average Bonchev–Trinajstić information content (AvgIpc) is 2.36. The van der Waals surface area contributed by atoms with Gasteiger partial charge in [0.05, 0.1) is 23.3 Å². The summed E-state index contributed by atoms with van der Waals surface area (Å²) in [5.74, 6) is -1.41. The first kappa shape index (κ1) is 17.3. The number of ether oxygens (including phenoxy) is 1. The number of benzene rings is 1. The van der Waals surface area contributed by atoms with E-state index < -0.39 is 35.0 Å². The van der Waals surface area contributed by atoms with Crippen molar-refractivity contribution in [2.45, 2.75) is 32.1 Å². The van der Waals surface area contributed by atoms with Gasteiger partial charge in [0.15, 0.2) is 0 Å². The van der Waals surface area contributed by atoms with Crippen LogP contribution in [0.15, 0.2) is 18.2 Å². The highest BCUT2D eigenvalue weighted by atomic mass is 19.4. The van der Waals surface area contributed by atoms with Gasteiger partial charge in [-0.05, 0) is 18.6 Å². The number of unbranched alkanes of at least 4 members (excludes halogenated alkanes) is 1. The number of halogens is 6. The molecule has 0 radical (unpaired) electrons. The predicted molar refractivity (Wildman–Crippen MR) is 61.6 cm³/mol. The van der Waals surface area contributed by atoms with Gasteiger partial charge in [0, 0.05) is 0 Å². The molecule has 0 aliphatic heterocycles. The lowest BCUT2D eigenvalue weighted by Gasteiger charge is -2.18. The van der Waals surface area contributed by atoms with Gasteiger partial charge in [0.2, 0.25) is 0 Å². The number of carbonyl (C=O) groups is 1. The third-order valence-corrected chi connectivity index (χ3v) is 2.60. The Bertz CT molecular complexity index is 504. The summed E-state index contributed by atoms with van der Waals surface area (Å²) in [5, 5.41) is 0. The largest absolute Gasteiger partial charge is 0.462 e. The number of hydrogen-bond donors (Lipinski definition) is 0. The third-order valence-electron chi connectivity index (χ3n) is 2.60. The van der Waals surface area contributed by atoms with E-state index in [1.165, 1.54) is 0 Å². The van der Waals surface area contributed by atoms with Crippen LogP contribution in [0.5, 0.6) is 0 Å². The van der Waals surface area contributed by atoms with Gasteiger partial charge in [-0.3, -0.25) is 0 Å². The van der Waals surface area contributed by atoms with Crippen LogP contribution in [0.25, 0.3) is 0 Å². The Labute approximate surface area is 116 Å². The van der Waals surface area contributed by atoms with Crippen molar-refractivity contribution in [3.63, 3.8) is 0 Å². The molecule has 0 aliphatic rings. The minimum atomic E-state index is -5.31. The van der Waals surface area contributed by atoms with E-state index in [1.54, 1.807) is 6.92 Å². The van der Waals surface area contributed by atoms with Gasteiger partial charge in [0.1, 0.15) is 0 Å². The summed E-state index contributed by atoms with van der Waals surface area (Å²) in [4.78, 5) is 11.6. The van der Waals surface area contributed by atoms with Crippen molar-refractivity contribution in [1.82, 2.24) is 0 Å². The molecule has 0 amide bonds. The molecule has 8 heteroatoms. The highest BCUT2D eigenvalue weighted by Crippen LogP contribution is 2.42. The Balaban J connectivity index is 3.30. The number of hydrogen-bond acceptors (Lipinski definition) is 2. The van der Waals surface area contributed by atoms with Crippen LogP contribution in [0.2, 0.25) is 0 Å². The molecule has 118 valence electrons. The maximum Gasteiger partial charge on any atom is 0.417 e. The summed E-state index contributed by atoms with van der Waals surface area (Å²) < 4.78 is 81.2. The molecule has 0 saturated carbocycles. The summed E-state index contributed by atoms with van der Waals surface area (Å²) >= 11 is 0. The van der Waals surface area contributed by atoms with Gasteiger partial charge in [-0.2, -0.15) is 26.3 Å². The normalized spacial score (nSPS) is 12.3. The lowest BCUT2D eigenvalue weighted by Crippen LogP contribution is -2.22. The van der Waals surface area contributed by atoms with E-state index >= 15 is 0 Å². The van der Waals surface area contributed by atoms with Crippen LogP contribution in [-0.2, 0) is 17.1 Å². The lowest BCUT2D eigenvalue weighted by molar-refractivity contribution is -0.162. The molecule has 1 aromatic carbocycles. The highest BCUT2D eigenvalue weighted by molar-refractivity contribution is 5.91. The quantitative estimate of drug-likeness (QED) is 0.458. The van der Waals surface area contributed by atoms with Crippen molar-refractivity contribution in [3.05, 3.63) is 34.9 Å². The van der Waals surface area contributed by atoms with Gasteiger partial charge in [-0.15, -0.1) is 0 Å². The molecule has 1 rings (SSSR count). The fraction of sp³-hybridized carbons (Fsp3) is 0.462. The Morgan fingerprint density at radius 1 is 1.10 bits per heavy atom. The third kappa shape index (κ3) is 4.37. The van der Waals surface area contributed by atoms with Crippen molar-refractivity contribution in [3.8, 4) is 0 Å². The molecule has 0 heterocycles. The SMILES string of the molecule is CCCCOC(=O)c1cccc(C(F)(F)F)c1C(F)(F)F. The molecular weight excluding hydrogens is 302 g/mol. The van der Waals surface area contributed by atoms with E-state index in [0.29, 0.717) is 18.9 Å². The molecule has 0 bridgehead atoms. The number of carbonyl (C=O) groups excluding carboxylic acids is 1. The number of rotatable bonds is 4. The second-order valence-corrected chi connectivity index (χ2v) is 4.21. The molecule has 0 aromatic heterocycles. The average molecular weight is 314 g/mol. The van der Waals surface area contributed by atoms with Gasteiger partial charge in [-0.25, -0.2) is 4.79 Å². The monoisotopic (exact) mass is 314 g/mol. The van der Waals surface area contributed by atoms with Crippen LogP contribution in [0.1, 0.15) is 41.3 Å². The topological polar surface area (TPSA) is 26.3 Å². The molecule has 0 unspecified atom stereocenters. The van der Waals surface area contributed by atoms with Crippen LogP contribution in [0, 0.1) is 0 Å². The first-order valence-electron chi connectivity index (χ1n) is 6.03. The zero-order valence-corrected chi connectivity index (χ0v) is 10.9. The molecule has 21 heavy (non-hydrogen) atoms. The summed E-state index contributed by atoms with van der Waals surface area (Å²) in [6, 6.07) is 1.70. The Kier molecular flexibility index (Phi) is 5.25. The van der Waals surface area contributed by atoms with E-state index in [9.17, 15) is 31.1 Å². The van der Waals surface area contributed by atoms with E-state index in [1.807, 2.05) is 0 Å². The minimum absolute atomic E-state index is 0.150. The first-order chi connectivity index (χ1) is 9.59. The Morgan fingerprint density at radius 2 is 1.71 bits per heavy atom. The predicted octanol–water partition coefficient (Wildman–Crippen LogP) is 4.68. The molecule has 0 N–H and O–H groups in total. The minimum Gasteiger partial charge on any atom is -0.462 e. The van der Waals surface area contributed by atoms with Gasteiger partial charge < -0.3 is 4.74 Å². The van der Waals surface area contributed by atoms with E-state index in [-0.39, 0.29) is 12.7 Å². The maximum atomic E-state index is 12.9. The Morgan fingerprint density at radius 3 is 2.19 bits per heavy atom.